The monoisotopic (exact) mass is 390 g/mol. The van der Waals surface area contributed by atoms with Gasteiger partial charge in [-0.15, -0.1) is 0 Å². The predicted octanol–water partition coefficient (Wildman–Crippen LogP) is 3.79. The topological polar surface area (TPSA) is 91.9 Å². The molecule has 6 heteroatoms. The molecule has 1 heterocycles. The normalized spacial score (nSPS) is 12.6. The van der Waals surface area contributed by atoms with Crippen LogP contribution in [0.3, 0.4) is 0 Å². The van der Waals surface area contributed by atoms with Gasteiger partial charge in [-0.05, 0) is 41.8 Å². The van der Waals surface area contributed by atoms with Gasteiger partial charge in [0.05, 0.1) is 11.3 Å². The van der Waals surface area contributed by atoms with Crippen LogP contribution in [0.15, 0.2) is 76.8 Å². The van der Waals surface area contributed by atoms with Gasteiger partial charge in [0.25, 0.3) is 0 Å². The van der Waals surface area contributed by atoms with Crippen molar-refractivity contribution in [1.29, 1.82) is 0 Å². The molecular weight excluding hydrogens is 368 g/mol. The molecule has 0 spiro atoms. The molecule has 0 amide bonds. The van der Waals surface area contributed by atoms with E-state index in [1.54, 1.807) is 43.6 Å². The van der Waals surface area contributed by atoms with E-state index in [0.29, 0.717) is 17.7 Å². The Morgan fingerprint density at radius 1 is 1.03 bits per heavy atom. The van der Waals surface area contributed by atoms with E-state index < -0.39 is 5.97 Å². The van der Waals surface area contributed by atoms with Crippen molar-refractivity contribution in [2.75, 3.05) is 0 Å². The second-order valence-corrected chi connectivity index (χ2v) is 6.95. The molecule has 0 bridgehead atoms. The molecule has 1 aromatic heterocycles. The van der Waals surface area contributed by atoms with E-state index in [1.807, 2.05) is 31.2 Å². The zero-order chi connectivity index (χ0) is 21.0. The Labute approximate surface area is 168 Å². The molecule has 29 heavy (non-hydrogen) atoms. The maximum Gasteiger partial charge on any atom is 0.335 e. The van der Waals surface area contributed by atoms with Gasteiger partial charge in [-0.25, -0.2) is 4.79 Å². The molecule has 0 radical (unpaired) electrons. The molecule has 2 N–H and O–H groups in total. The lowest BCUT2D eigenvalue weighted by atomic mass is 9.83. The van der Waals surface area contributed by atoms with Crippen LogP contribution in [-0.4, -0.2) is 26.6 Å². The first-order chi connectivity index (χ1) is 13.9. The average molecular weight is 390 g/mol. The Morgan fingerprint density at radius 2 is 1.69 bits per heavy atom. The molecule has 148 valence electrons. The SMILES string of the molecule is Cc1ccccc1C(C/C(=N\O)c1ccc(=O)n(C)c1)c1ccc(C(=O)O)cc1. The van der Waals surface area contributed by atoms with Crippen LogP contribution >= 0.6 is 0 Å². The van der Waals surface area contributed by atoms with Crippen molar-refractivity contribution >= 4 is 11.7 Å². The van der Waals surface area contributed by atoms with Crippen LogP contribution in [-0.2, 0) is 7.05 Å². The van der Waals surface area contributed by atoms with Gasteiger partial charge >= 0.3 is 5.97 Å². The highest BCUT2D eigenvalue weighted by molar-refractivity contribution is 6.00. The minimum atomic E-state index is -0.980. The van der Waals surface area contributed by atoms with Crippen LogP contribution in [0.25, 0.3) is 0 Å². The van der Waals surface area contributed by atoms with Crippen molar-refractivity contribution in [3.63, 3.8) is 0 Å². The van der Waals surface area contributed by atoms with Crippen molar-refractivity contribution < 1.29 is 15.1 Å². The number of carbonyl (C=O) groups is 1. The number of oxime groups is 1. The molecule has 1 atom stereocenters. The summed E-state index contributed by atoms with van der Waals surface area (Å²) in [6.07, 6.45) is 2.02. The first-order valence-corrected chi connectivity index (χ1v) is 9.17. The van der Waals surface area contributed by atoms with E-state index in [2.05, 4.69) is 5.16 Å². The van der Waals surface area contributed by atoms with Crippen LogP contribution < -0.4 is 5.56 Å². The summed E-state index contributed by atoms with van der Waals surface area (Å²) in [5.41, 5.74) is 4.21. The van der Waals surface area contributed by atoms with Gasteiger partial charge in [0.2, 0.25) is 5.56 Å². The summed E-state index contributed by atoms with van der Waals surface area (Å²) >= 11 is 0. The van der Waals surface area contributed by atoms with Crippen LogP contribution in [0.1, 0.15) is 45.0 Å². The minimum absolute atomic E-state index is 0.147. The summed E-state index contributed by atoms with van der Waals surface area (Å²) in [6, 6.07) is 17.7. The quantitative estimate of drug-likeness (QED) is 0.380. The fourth-order valence-electron chi connectivity index (χ4n) is 3.42. The standard InChI is InChI=1S/C23H22N2O4/c1-15-5-3-4-6-19(15)20(16-7-9-17(10-8-16)23(27)28)13-21(24-29)18-11-12-22(26)25(2)14-18/h3-12,14,20,29H,13H2,1-2H3,(H,27,28)/b24-21+. The fraction of sp³-hybridized carbons (Fsp3) is 0.174. The van der Waals surface area contributed by atoms with Crippen LogP contribution in [0.4, 0.5) is 0 Å². The summed E-state index contributed by atoms with van der Waals surface area (Å²) in [4.78, 5) is 22.9. The Bertz CT molecular complexity index is 1110. The molecule has 6 nitrogen and oxygen atoms in total. The number of carboxylic acid groups (broad SMARTS) is 1. The highest BCUT2D eigenvalue weighted by Crippen LogP contribution is 2.32. The Balaban J connectivity index is 2.05. The van der Waals surface area contributed by atoms with Gasteiger partial charge in [-0.2, -0.15) is 0 Å². The van der Waals surface area contributed by atoms with Crippen molar-refractivity contribution in [3.8, 4) is 0 Å². The Hall–Kier alpha value is -3.67. The summed E-state index contributed by atoms with van der Waals surface area (Å²) in [5, 5.41) is 22.4. The van der Waals surface area contributed by atoms with Gasteiger partial charge < -0.3 is 14.9 Å². The van der Waals surface area contributed by atoms with E-state index in [4.69, 9.17) is 0 Å². The Kier molecular flexibility index (Phi) is 5.93. The van der Waals surface area contributed by atoms with Crippen LogP contribution in [0.5, 0.6) is 0 Å². The third-order valence-electron chi connectivity index (χ3n) is 5.06. The number of hydrogen-bond acceptors (Lipinski definition) is 4. The molecule has 0 aliphatic carbocycles. The maximum atomic E-state index is 11.7. The fourth-order valence-corrected chi connectivity index (χ4v) is 3.42. The van der Waals surface area contributed by atoms with Gasteiger partial charge in [-0.3, -0.25) is 4.79 Å². The number of rotatable bonds is 6. The van der Waals surface area contributed by atoms with Crippen molar-refractivity contribution in [1.82, 2.24) is 4.57 Å². The number of aromatic nitrogens is 1. The smallest absolute Gasteiger partial charge is 0.335 e. The number of pyridine rings is 1. The maximum absolute atomic E-state index is 11.7. The molecule has 3 aromatic rings. The molecule has 1 unspecified atom stereocenters. The average Bonchev–Trinajstić information content (AvgIpc) is 2.72. The first-order valence-electron chi connectivity index (χ1n) is 9.17. The Morgan fingerprint density at radius 3 is 2.28 bits per heavy atom. The van der Waals surface area contributed by atoms with Gasteiger partial charge in [0, 0.05) is 37.2 Å². The number of benzene rings is 2. The third kappa shape index (κ3) is 4.43. The lowest BCUT2D eigenvalue weighted by Gasteiger charge is -2.21. The molecular formula is C23H22N2O4. The summed E-state index contributed by atoms with van der Waals surface area (Å²) in [6.45, 7) is 2.01. The largest absolute Gasteiger partial charge is 0.478 e. The molecule has 0 fully saturated rings. The number of hydrogen-bond donors (Lipinski definition) is 2. The van der Waals surface area contributed by atoms with Gasteiger partial charge in [0.15, 0.2) is 0 Å². The third-order valence-corrected chi connectivity index (χ3v) is 5.06. The first kappa shape index (κ1) is 20.1. The van der Waals surface area contributed by atoms with E-state index in [0.717, 1.165) is 16.7 Å². The van der Waals surface area contributed by atoms with E-state index in [-0.39, 0.29) is 17.0 Å². The van der Waals surface area contributed by atoms with Gasteiger partial charge in [0.1, 0.15) is 0 Å². The summed E-state index contributed by atoms with van der Waals surface area (Å²) < 4.78 is 1.44. The predicted molar refractivity (Wildman–Crippen MR) is 111 cm³/mol. The molecule has 0 saturated carbocycles. The summed E-state index contributed by atoms with van der Waals surface area (Å²) in [7, 11) is 1.64. The number of carboxylic acids is 1. The number of aromatic carboxylic acids is 1. The highest BCUT2D eigenvalue weighted by Gasteiger charge is 2.21. The summed E-state index contributed by atoms with van der Waals surface area (Å²) in [5.74, 6) is -1.13. The number of aryl methyl sites for hydroxylation is 2. The molecule has 0 saturated heterocycles. The second-order valence-electron chi connectivity index (χ2n) is 6.95. The molecule has 0 aliphatic heterocycles. The van der Waals surface area contributed by atoms with Crippen LogP contribution in [0, 0.1) is 6.92 Å². The molecule has 2 aromatic carbocycles. The van der Waals surface area contributed by atoms with Crippen molar-refractivity contribution in [2.24, 2.45) is 12.2 Å². The van der Waals surface area contributed by atoms with E-state index in [9.17, 15) is 19.9 Å². The second kappa shape index (κ2) is 8.56. The van der Waals surface area contributed by atoms with E-state index >= 15 is 0 Å². The number of nitrogens with zero attached hydrogens (tertiary/aromatic N) is 2. The van der Waals surface area contributed by atoms with Crippen molar-refractivity contribution in [3.05, 3.63) is 105 Å². The van der Waals surface area contributed by atoms with Gasteiger partial charge in [-0.1, -0.05) is 41.6 Å². The van der Waals surface area contributed by atoms with Crippen molar-refractivity contribution in [2.45, 2.75) is 19.3 Å². The molecule has 0 aliphatic rings. The highest BCUT2D eigenvalue weighted by atomic mass is 16.4. The lowest BCUT2D eigenvalue weighted by Crippen LogP contribution is -2.18. The van der Waals surface area contributed by atoms with Crippen LogP contribution in [0.2, 0.25) is 0 Å². The zero-order valence-electron chi connectivity index (χ0n) is 16.2. The molecule has 3 rings (SSSR count). The zero-order valence-corrected chi connectivity index (χ0v) is 16.2. The minimum Gasteiger partial charge on any atom is -0.478 e. The lowest BCUT2D eigenvalue weighted by molar-refractivity contribution is 0.0697. The van der Waals surface area contributed by atoms with E-state index in [1.165, 1.54) is 10.6 Å².